The van der Waals surface area contributed by atoms with Crippen molar-refractivity contribution in [3.05, 3.63) is 27.2 Å². The molecule has 2 N–H and O–H groups in total. The van der Waals surface area contributed by atoms with Crippen LogP contribution in [-0.4, -0.2) is 50.7 Å². The van der Waals surface area contributed by atoms with E-state index in [1.807, 2.05) is 13.8 Å². The molecule has 0 radical (unpaired) electrons. The van der Waals surface area contributed by atoms with E-state index in [0.29, 0.717) is 36.0 Å². The molecule has 1 amide bonds. The summed E-state index contributed by atoms with van der Waals surface area (Å²) in [4.78, 5) is 31.9. The Hall–Kier alpha value is -1.57. The lowest BCUT2D eigenvalue weighted by Crippen LogP contribution is -2.42. The minimum Gasteiger partial charge on any atom is -0.335 e. The number of fused-ring (bicyclic) bond motifs is 3. The van der Waals surface area contributed by atoms with E-state index in [4.69, 9.17) is 0 Å². The van der Waals surface area contributed by atoms with Crippen LogP contribution in [0.2, 0.25) is 0 Å². The summed E-state index contributed by atoms with van der Waals surface area (Å²) < 4.78 is 1.66. The number of carbonyl (C=O) groups is 1. The number of pyridine rings is 1. The van der Waals surface area contributed by atoms with Gasteiger partial charge in [0.1, 0.15) is 0 Å². The molecule has 0 saturated carbocycles. The third kappa shape index (κ3) is 3.80. The topological polar surface area (TPSA) is 83.0 Å². The maximum atomic E-state index is 12.9. The summed E-state index contributed by atoms with van der Waals surface area (Å²) in [7, 11) is 1.79. The number of hydrogen-bond donors (Lipinski definition) is 2. The summed E-state index contributed by atoms with van der Waals surface area (Å²) in [6, 6.07) is 0.733. The van der Waals surface area contributed by atoms with Crippen LogP contribution in [-0.2, 0) is 18.3 Å². The third-order valence-corrected chi connectivity index (χ3v) is 6.11. The van der Waals surface area contributed by atoms with Gasteiger partial charge in [0.2, 0.25) is 5.91 Å². The Morgan fingerprint density at radius 1 is 1.18 bits per heavy atom. The fraction of sp³-hybridized carbons (Fsp3) is 0.632. The standard InChI is InChI=1S/C19H27N5O2.2ClH/c1-11-15(12(2)21-18-17(11)19(26)22-23(18)3)6-7-16(25)24-13-4-5-14(24)10-20-9-8-13;;/h13-14,20H,4-10H2,1-3H3,(H,22,26);2*1H. The van der Waals surface area contributed by atoms with Crippen LogP contribution in [0.4, 0.5) is 0 Å². The maximum absolute atomic E-state index is 12.9. The second-order valence-corrected chi connectivity index (χ2v) is 7.68. The summed E-state index contributed by atoms with van der Waals surface area (Å²) in [6.07, 6.45) is 4.40. The average Bonchev–Trinajstić information content (AvgIpc) is 3.01. The Balaban J connectivity index is 0.00000140. The fourth-order valence-electron chi connectivity index (χ4n) is 4.77. The highest BCUT2D eigenvalue weighted by molar-refractivity contribution is 5.85. The van der Waals surface area contributed by atoms with E-state index in [-0.39, 0.29) is 36.3 Å². The van der Waals surface area contributed by atoms with Crippen molar-refractivity contribution in [2.45, 2.75) is 58.0 Å². The van der Waals surface area contributed by atoms with Crippen molar-refractivity contribution < 1.29 is 4.79 Å². The maximum Gasteiger partial charge on any atom is 0.273 e. The van der Waals surface area contributed by atoms with E-state index >= 15 is 0 Å². The molecule has 0 spiro atoms. The Morgan fingerprint density at radius 2 is 1.89 bits per heavy atom. The number of rotatable bonds is 3. The van der Waals surface area contributed by atoms with Crippen molar-refractivity contribution in [2.24, 2.45) is 7.05 Å². The molecule has 4 rings (SSSR count). The van der Waals surface area contributed by atoms with Crippen molar-refractivity contribution in [1.82, 2.24) is 25.0 Å². The molecule has 156 valence electrons. The minimum absolute atomic E-state index is 0. The van der Waals surface area contributed by atoms with Gasteiger partial charge in [0, 0.05) is 37.8 Å². The second kappa shape index (κ2) is 8.84. The molecule has 0 aromatic carbocycles. The van der Waals surface area contributed by atoms with Crippen LogP contribution in [0.5, 0.6) is 0 Å². The summed E-state index contributed by atoms with van der Waals surface area (Å²) in [5.74, 6) is 0.238. The van der Waals surface area contributed by atoms with Crippen LogP contribution in [0, 0.1) is 13.8 Å². The van der Waals surface area contributed by atoms with Crippen LogP contribution in [0.1, 0.15) is 42.5 Å². The molecule has 4 heterocycles. The van der Waals surface area contributed by atoms with Gasteiger partial charge >= 0.3 is 0 Å². The lowest BCUT2D eigenvalue weighted by Gasteiger charge is -2.28. The number of aryl methyl sites for hydroxylation is 3. The van der Waals surface area contributed by atoms with E-state index in [9.17, 15) is 9.59 Å². The number of amides is 1. The summed E-state index contributed by atoms with van der Waals surface area (Å²) in [5.41, 5.74) is 3.44. The molecule has 9 heteroatoms. The first-order valence-electron chi connectivity index (χ1n) is 9.54. The Bertz CT molecular complexity index is 909. The molecule has 2 aromatic heterocycles. The molecule has 2 aliphatic rings. The molecular formula is C19H29Cl2N5O2. The van der Waals surface area contributed by atoms with Crippen molar-refractivity contribution in [2.75, 3.05) is 13.1 Å². The molecule has 2 atom stereocenters. The SMILES string of the molecule is Cc1nc2c(c(C)c1CCC(=O)N1C3CCNCC1CC3)c(=O)[nH]n2C.Cl.Cl. The first-order valence-corrected chi connectivity index (χ1v) is 9.54. The van der Waals surface area contributed by atoms with Gasteiger partial charge in [-0.3, -0.25) is 19.4 Å². The zero-order chi connectivity index (χ0) is 18.4. The lowest BCUT2D eigenvalue weighted by atomic mass is 10.00. The predicted octanol–water partition coefficient (Wildman–Crippen LogP) is 2.01. The first-order chi connectivity index (χ1) is 12.5. The van der Waals surface area contributed by atoms with Crippen molar-refractivity contribution in [3.63, 3.8) is 0 Å². The summed E-state index contributed by atoms with van der Waals surface area (Å²) in [6.45, 7) is 5.84. The zero-order valence-electron chi connectivity index (χ0n) is 16.6. The van der Waals surface area contributed by atoms with Crippen LogP contribution in [0.25, 0.3) is 11.0 Å². The van der Waals surface area contributed by atoms with Gasteiger partial charge in [-0.05, 0) is 57.2 Å². The van der Waals surface area contributed by atoms with Crippen LogP contribution < -0.4 is 10.9 Å². The van der Waals surface area contributed by atoms with Gasteiger partial charge in [0.15, 0.2) is 5.65 Å². The van der Waals surface area contributed by atoms with Crippen LogP contribution in [0.3, 0.4) is 0 Å². The predicted molar refractivity (Wildman–Crippen MR) is 115 cm³/mol. The highest BCUT2D eigenvalue weighted by Gasteiger charge is 2.37. The zero-order valence-corrected chi connectivity index (χ0v) is 18.2. The number of H-pyrrole nitrogens is 1. The van der Waals surface area contributed by atoms with Gasteiger partial charge in [-0.25, -0.2) is 4.98 Å². The number of halogens is 2. The number of carbonyl (C=O) groups excluding carboxylic acids is 1. The van der Waals surface area contributed by atoms with Crippen molar-refractivity contribution in [1.29, 1.82) is 0 Å². The van der Waals surface area contributed by atoms with E-state index in [1.165, 1.54) is 0 Å². The average molecular weight is 430 g/mol. The molecule has 2 aliphatic heterocycles. The smallest absolute Gasteiger partial charge is 0.273 e. The first kappa shape index (κ1) is 22.7. The molecule has 28 heavy (non-hydrogen) atoms. The van der Waals surface area contributed by atoms with Gasteiger partial charge in [0.05, 0.1) is 5.39 Å². The highest BCUT2D eigenvalue weighted by Crippen LogP contribution is 2.29. The van der Waals surface area contributed by atoms with E-state index in [0.717, 1.165) is 49.2 Å². The number of nitrogens with one attached hydrogen (secondary N) is 2. The quantitative estimate of drug-likeness (QED) is 0.781. The van der Waals surface area contributed by atoms with E-state index in [1.54, 1.807) is 11.7 Å². The molecule has 2 aromatic rings. The Kier molecular flexibility index (Phi) is 7.17. The van der Waals surface area contributed by atoms with Gasteiger partial charge in [-0.1, -0.05) is 0 Å². The Labute approximate surface area is 177 Å². The minimum atomic E-state index is -0.114. The molecular weight excluding hydrogens is 401 g/mol. The summed E-state index contributed by atoms with van der Waals surface area (Å²) in [5, 5.41) is 6.85. The molecule has 2 unspecified atom stereocenters. The largest absolute Gasteiger partial charge is 0.335 e. The van der Waals surface area contributed by atoms with Crippen LogP contribution >= 0.6 is 24.8 Å². The van der Waals surface area contributed by atoms with Gasteiger partial charge in [-0.2, -0.15) is 0 Å². The molecule has 2 saturated heterocycles. The number of aromatic nitrogens is 3. The van der Waals surface area contributed by atoms with E-state index in [2.05, 4.69) is 20.3 Å². The highest BCUT2D eigenvalue weighted by atomic mass is 35.5. The van der Waals surface area contributed by atoms with Crippen molar-refractivity contribution >= 4 is 41.8 Å². The van der Waals surface area contributed by atoms with E-state index < -0.39 is 0 Å². The van der Waals surface area contributed by atoms with Crippen LogP contribution in [0.15, 0.2) is 4.79 Å². The number of hydrogen-bond acceptors (Lipinski definition) is 4. The summed E-state index contributed by atoms with van der Waals surface area (Å²) >= 11 is 0. The molecule has 2 fully saturated rings. The fourth-order valence-corrected chi connectivity index (χ4v) is 4.77. The monoisotopic (exact) mass is 429 g/mol. The third-order valence-electron chi connectivity index (χ3n) is 6.11. The molecule has 2 bridgehead atoms. The normalized spacial score (nSPS) is 21.2. The van der Waals surface area contributed by atoms with Gasteiger partial charge < -0.3 is 10.2 Å². The van der Waals surface area contributed by atoms with Gasteiger partial charge in [-0.15, -0.1) is 24.8 Å². The second-order valence-electron chi connectivity index (χ2n) is 7.68. The molecule has 0 aliphatic carbocycles. The van der Waals surface area contributed by atoms with Crippen molar-refractivity contribution in [3.8, 4) is 0 Å². The number of aromatic amines is 1. The molecule has 7 nitrogen and oxygen atoms in total. The Morgan fingerprint density at radius 3 is 2.64 bits per heavy atom. The number of nitrogens with zero attached hydrogens (tertiary/aromatic N) is 3. The lowest BCUT2D eigenvalue weighted by molar-refractivity contribution is -0.133. The van der Waals surface area contributed by atoms with Gasteiger partial charge in [0.25, 0.3) is 5.56 Å².